The third kappa shape index (κ3) is 7.19. The Morgan fingerprint density at radius 1 is 0.932 bits per heavy atom. The van der Waals surface area contributed by atoms with E-state index in [2.05, 4.69) is 41.0 Å². The van der Waals surface area contributed by atoms with Crippen LogP contribution in [0.1, 0.15) is 84.2 Å². The lowest BCUT2D eigenvalue weighted by Crippen LogP contribution is -2.46. The van der Waals surface area contributed by atoms with Crippen LogP contribution in [0.2, 0.25) is 0 Å². The van der Waals surface area contributed by atoms with Gasteiger partial charge in [0.2, 0.25) is 0 Å². The van der Waals surface area contributed by atoms with Crippen LogP contribution in [-0.4, -0.2) is 45.8 Å². The third-order valence-electron chi connectivity index (χ3n) is 8.65. The Morgan fingerprint density at radius 2 is 1.68 bits per heavy atom. The summed E-state index contributed by atoms with van der Waals surface area (Å²) < 4.78 is 0. The normalized spacial score (nSPS) is 21.8. The van der Waals surface area contributed by atoms with Gasteiger partial charge in [-0.1, -0.05) is 38.1 Å². The van der Waals surface area contributed by atoms with Gasteiger partial charge in [-0.3, -0.25) is 19.4 Å². The molecule has 10 heteroatoms. The van der Waals surface area contributed by atoms with Crippen LogP contribution in [0.5, 0.6) is 11.5 Å². The van der Waals surface area contributed by atoms with Crippen molar-refractivity contribution in [2.45, 2.75) is 65.5 Å². The van der Waals surface area contributed by atoms with Crippen molar-refractivity contribution in [3.63, 3.8) is 0 Å². The molecule has 2 aromatic carbocycles. The van der Waals surface area contributed by atoms with E-state index in [4.69, 9.17) is 4.84 Å². The second-order valence-electron chi connectivity index (χ2n) is 12.3. The smallest absolute Gasteiger partial charge is 0.313 e. The molecule has 1 aromatic heterocycles. The number of amides is 3. The van der Waals surface area contributed by atoms with Crippen molar-refractivity contribution in [1.82, 2.24) is 20.7 Å². The molecule has 0 bridgehead atoms. The van der Waals surface area contributed by atoms with E-state index in [-0.39, 0.29) is 29.0 Å². The van der Waals surface area contributed by atoms with Crippen LogP contribution in [-0.2, 0) is 9.59 Å². The Labute approximate surface area is 258 Å². The summed E-state index contributed by atoms with van der Waals surface area (Å²) in [5.74, 6) is -0.385. The highest BCUT2D eigenvalue weighted by molar-refractivity contribution is 6.39. The number of piperidine rings is 2. The molecule has 232 valence electrons. The van der Waals surface area contributed by atoms with Gasteiger partial charge in [0, 0.05) is 18.8 Å². The topological polar surface area (TPSA) is 133 Å². The van der Waals surface area contributed by atoms with Gasteiger partial charge in [-0.05, 0) is 98.4 Å². The summed E-state index contributed by atoms with van der Waals surface area (Å²) in [5, 5.41) is 16.1. The van der Waals surface area contributed by atoms with Gasteiger partial charge in [-0.25, -0.2) is 0 Å². The summed E-state index contributed by atoms with van der Waals surface area (Å²) in [5.41, 5.74) is 6.50. The average molecular weight is 600 g/mol. The maximum atomic E-state index is 13.4. The molecule has 3 aromatic rings. The predicted molar refractivity (Wildman–Crippen MR) is 167 cm³/mol. The van der Waals surface area contributed by atoms with Crippen LogP contribution < -0.4 is 21.0 Å². The van der Waals surface area contributed by atoms with Gasteiger partial charge in [0.05, 0.1) is 23.5 Å². The summed E-state index contributed by atoms with van der Waals surface area (Å²) in [6.45, 7) is 9.47. The Bertz CT molecular complexity index is 1530. The van der Waals surface area contributed by atoms with E-state index in [0.29, 0.717) is 36.2 Å². The van der Waals surface area contributed by atoms with Crippen LogP contribution in [0.3, 0.4) is 0 Å². The number of carbonyl (C=O) groups is 3. The van der Waals surface area contributed by atoms with Gasteiger partial charge in [0.25, 0.3) is 5.91 Å². The fourth-order valence-corrected chi connectivity index (χ4v) is 6.00. The number of aromatic nitrogens is 1. The monoisotopic (exact) mass is 599 g/mol. The van der Waals surface area contributed by atoms with Gasteiger partial charge >= 0.3 is 11.8 Å². The zero-order valence-electron chi connectivity index (χ0n) is 25.7. The fraction of sp³-hybridized carbons (Fsp3) is 0.412. The molecule has 3 amide bonds. The number of anilines is 1. The molecule has 0 spiro atoms. The number of aryl methyl sites for hydroxylation is 2. The summed E-state index contributed by atoms with van der Waals surface area (Å²) in [6, 6.07) is 12.7. The second kappa shape index (κ2) is 13.5. The number of pyridine rings is 1. The molecule has 4 unspecified atom stereocenters. The number of phenols is 1. The van der Waals surface area contributed by atoms with Crippen LogP contribution in [0, 0.1) is 25.7 Å². The minimum absolute atomic E-state index is 0.161. The largest absolute Gasteiger partial charge is 0.508 e. The lowest BCUT2D eigenvalue weighted by Gasteiger charge is -2.38. The summed E-state index contributed by atoms with van der Waals surface area (Å²) in [4.78, 5) is 50.7. The Balaban J connectivity index is 1.20. The first-order valence-corrected chi connectivity index (χ1v) is 15.3. The number of hydrogen-bond acceptors (Lipinski definition) is 7. The average Bonchev–Trinajstić information content (AvgIpc) is 3.01. The van der Waals surface area contributed by atoms with Crippen molar-refractivity contribution < 1.29 is 24.3 Å². The summed E-state index contributed by atoms with van der Waals surface area (Å²) in [6.07, 6.45) is 6.63. The minimum Gasteiger partial charge on any atom is -0.508 e. The van der Waals surface area contributed by atoms with Gasteiger partial charge in [0.1, 0.15) is 5.75 Å². The highest BCUT2D eigenvalue weighted by Gasteiger charge is 2.34. The Morgan fingerprint density at radius 3 is 2.41 bits per heavy atom. The van der Waals surface area contributed by atoms with Gasteiger partial charge in [0.15, 0.2) is 5.75 Å². The number of carbonyl (C=O) groups excluding carboxylic acids is 3. The van der Waals surface area contributed by atoms with Crippen molar-refractivity contribution in [2.24, 2.45) is 11.8 Å². The number of rotatable bonds is 6. The van der Waals surface area contributed by atoms with Crippen molar-refractivity contribution in [3.05, 3.63) is 82.7 Å². The van der Waals surface area contributed by atoms with Gasteiger partial charge in [-0.2, -0.15) is 5.48 Å². The van der Waals surface area contributed by atoms with Crippen LogP contribution in [0.25, 0.3) is 0 Å². The van der Waals surface area contributed by atoms with Crippen LogP contribution >= 0.6 is 0 Å². The number of hydroxylamine groups is 1. The first-order valence-electron chi connectivity index (χ1n) is 15.3. The van der Waals surface area contributed by atoms with Crippen molar-refractivity contribution in [3.8, 4) is 11.5 Å². The summed E-state index contributed by atoms with van der Waals surface area (Å²) in [7, 11) is 0. The van der Waals surface area contributed by atoms with E-state index >= 15 is 0 Å². The second-order valence-corrected chi connectivity index (χ2v) is 12.3. The van der Waals surface area contributed by atoms with E-state index in [0.717, 1.165) is 30.5 Å². The van der Waals surface area contributed by atoms with E-state index in [9.17, 15) is 19.5 Å². The number of likely N-dealkylation sites (tertiary alicyclic amines) is 1. The highest BCUT2D eigenvalue weighted by Crippen LogP contribution is 2.35. The molecule has 2 saturated heterocycles. The molecule has 0 saturated carbocycles. The number of benzene rings is 2. The lowest BCUT2D eigenvalue weighted by molar-refractivity contribution is -0.146. The molecular formula is C34H41N5O5. The quantitative estimate of drug-likeness (QED) is 0.228. The van der Waals surface area contributed by atoms with E-state index in [1.807, 2.05) is 25.1 Å². The number of hydrogen-bond donors (Lipinski definition) is 4. The minimum atomic E-state index is -0.812. The first-order chi connectivity index (χ1) is 21.1. The highest BCUT2D eigenvalue weighted by atomic mass is 16.7. The number of phenolic OH excluding ortho intramolecular Hbond substituents is 1. The molecule has 3 heterocycles. The molecule has 5 rings (SSSR count). The Kier molecular flexibility index (Phi) is 9.49. The molecule has 4 N–H and O–H groups in total. The number of aromatic hydroxyl groups is 1. The molecule has 2 fully saturated rings. The molecular weight excluding hydrogens is 558 g/mol. The zero-order chi connectivity index (χ0) is 31.4. The molecule has 0 aliphatic carbocycles. The van der Waals surface area contributed by atoms with E-state index in [1.54, 1.807) is 24.0 Å². The van der Waals surface area contributed by atoms with Crippen molar-refractivity contribution in [2.75, 3.05) is 18.4 Å². The maximum absolute atomic E-state index is 13.4. The molecule has 2 aliphatic heterocycles. The molecule has 2 aliphatic rings. The maximum Gasteiger partial charge on any atom is 0.313 e. The first kappa shape index (κ1) is 31.0. The number of nitrogens with zero attached hydrogens (tertiary/aromatic N) is 2. The van der Waals surface area contributed by atoms with Crippen molar-refractivity contribution >= 4 is 23.4 Å². The zero-order valence-corrected chi connectivity index (χ0v) is 25.7. The fourth-order valence-electron chi connectivity index (χ4n) is 6.00. The SMILES string of the molecule is Cc1cc(C2CCC(C)CN2C(=O)C(=O)Nc2cncc(C(=O)NOc3ccc(C4CCC(C)CN4)cc3C)c2)ccc1O. The van der Waals surface area contributed by atoms with Gasteiger partial charge in [-0.15, -0.1) is 0 Å². The van der Waals surface area contributed by atoms with Gasteiger partial charge < -0.3 is 25.5 Å². The predicted octanol–water partition coefficient (Wildman–Crippen LogP) is 5.13. The molecule has 4 atom stereocenters. The lowest BCUT2D eigenvalue weighted by atomic mass is 9.89. The van der Waals surface area contributed by atoms with Crippen LogP contribution in [0.15, 0.2) is 54.9 Å². The van der Waals surface area contributed by atoms with Crippen molar-refractivity contribution in [1.29, 1.82) is 0 Å². The number of nitrogens with one attached hydrogen (secondary N) is 3. The molecule has 10 nitrogen and oxygen atoms in total. The van der Waals surface area contributed by atoms with E-state index in [1.165, 1.54) is 30.4 Å². The van der Waals surface area contributed by atoms with E-state index < -0.39 is 17.7 Å². The standard InChI is InChI=1S/C34H41N5O5/c1-20-5-9-28(36-16-20)24-8-12-31(23(4)14-24)44-38-32(41)26-15-27(18-35-17-26)37-33(42)34(43)39-19-21(2)6-10-29(39)25-7-11-30(40)22(3)13-25/h7-8,11-15,17-18,20-21,28-29,36,40H,5-6,9-10,16,19H2,1-4H3,(H,37,42)(H,38,41). The molecule has 0 radical (unpaired) electrons. The van der Waals surface area contributed by atoms with Crippen LogP contribution in [0.4, 0.5) is 5.69 Å². The Hall–Kier alpha value is -4.44. The summed E-state index contributed by atoms with van der Waals surface area (Å²) >= 11 is 0. The third-order valence-corrected chi connectivity index (χ3v) is 8.65. The molecule has 44 heavy (non-hydrogen) atoms.